The molecular weight excluding hydrogens is 204 g/mol. The SMILES string of the molecule is CC(N)CC(=O)NC(CC(=O)O)C(=O)O. The molecule has 7 heteroatoms. The van der Waals surface area contributed by atoms with Gasteiger partial charge in [0.25, 0.3) is 0 Å². The van der Waals surface area contributed by atoms with Crippen molar-refractivity contribution in [3.8, 4) is 0 Å². The van der Waals surface area contributed by atoms with Crippen LogP contribution in [0.1, 0.15) is 19.8 Å². The number of nitrogens with one attached hydrogen (secondary N) is 1. The molecule has 86 valence electrons. The molecule has 0 aliphatic rings. The van der Waals surface area contributed by atoms with Crippen LogP contribution in [0.2, 0.25) is 0 Å². The zero-order valence-corrected chi connectivity index (χ0v) is 8.27. The van der Waals surface area contributed by atoms with Gasteiger partial charge in [0.05, 0.1) is 6.42 Å². The molecule has 0 saturated carbocycles. The summed E-state index contributed by atoms with van der Waals surface area (Å²) in [5.74, 6) is -3.24. The maximum Gasteiger partial charge on any atom is 0.326 e. The number of carboxylic acid groups (broad SMARTS) is 2. The van der Waals surface area contributed by atoms with Crippen molar-refractivity contribution in [1.82, 2.24) is 5.32 Å². The van der Waals surface area contributed by atoms with Gasteiger partial charge in [0, 0.05) is 12.5 Å². The van der Waals surface area contributed by atoms with Crippen LogP contribution in [-0.4, -0.2) is 40.1 Å². The highest BCUT2D eigenvalue weighted by molar-refractivity contribution is 5.86. The van der Waals surface area contributed by atoms with Gasteiger partial charge in [-0.15, -0.1) is 0 Å². The third-order valence-corrected chi connectivity index (χ3v) is 1.52. The van der Waals surface area contributed by atoms with Crippen LogP contribution in [0.25, 0.3) is 0 Å². The lowest BCUT2D eigenvalue weighted by atomic mass is 10.2. The summed E-state index contributed by atoms with van der Waals surface area (Å²) in [6, 6.07) is -1.81. The number of hydrogen-bond donors (Lipinski definition) is 4. The van der Waals surface area contributed by atoms with Gasteiger partial charge < -0.3 is 21.3 Å². The Morgan fingerprint density at radius 1 is 1.27 bits per heavy atom. The fraction of sp³-hybridized carbons (Fsp3) is 0.625. The molecule has 0 radical (unpaired) electrons. The lowest BCUT2D eigenvalue weighted by molar-refractivity contribution is -0.147. The van der Waals surface area contributed by atoms with Crippen LogP contribution in [0.3, 0.4) is 0 Å². The first-order chi connectivity index (χ1) is 6.82. The molecule has 15 heavy (non-hydrogen) atoms. The average molecular weight is 218 g/mol. The van der Waals surface area contributed by atoms with E-state index in [4.69, 9.17) is 15.9 Å². The van der Waals surface area contributed by atoms with E-state index in [-0.39, 0.29) is 6.42 Å². The maximum atomic E-state index is 11.1. The van der Waals surface area contributed by atoms with Crippen LogP contribution >= 0.6 is 0 Å². The fourth-order valence-electron chi connectivity index (χ4n) is 0.920. The highest BCUT2D eigenvalue weighted by atomic mass is 16.4. The minimum Gasteiger partial charge on any atom is -0.481 e. The number of carbonyl (C=O) groups is 3. The van der Waals surface area contributed by atoms with Crippen LogP contribution in [0.5, 0.6) is 0 Å². The van der Waals surface area contributed by atoms with Crippen LogP contribution in [0.4, 0.5) is 0 Å². The lowest BCUT2D eigenvalue weighted by Gasteiger charge is -2.13. The van der Waals surface area contributed by atoms with Crippen molar-refractivity contribution in [2.45, 2.75) is 31.8 Å². The summed E-state index contributed by atoms with van der Waals surface area (Å²) in [5.41, 5.74) is 5.32. The molecule has 0 rings (SSSR count). The molecule has 2 unspecified atom stereocenters. The Bertz CT molecular complexity index is 264. The zero-order chi connectivity index (χ0) is 12.0. The molecule has 0 heterocycles. The second kappa shape index (κ2) is 5.97. The summed E-state index contributed by atoms with van der Waals surface area (Å²) in [4.78, 5) is 31.9. The van der Waals surface area contributed by atoms with E-state index >= 15 is 0 Å². The molecule has 2 atom stereocenters. The minimum absolute atomic E-state index is 0.0383. The first-order valence-electron chi connectivity index (χ1n) is 4.32. The van der Waals surface area contributed by atoms with E-state index in [1.165, 1.54) is 0 Å². The molecule has 0 aliphatic carbocycles. The van der Waals surface area contributed by atoms with Gasteiger partial charge in [-0.25, -0.2) is 4.79 Å². The molecule has 0 aromatic rings. The molecule has 0 spiro atoms. The van der Waals surface area contributed by atoms with Crippen molar-refractivity contribution in [3.05, 3.63) is 0 Å². The molecule has 0 bridgehead atoms. The van der Waals surface area contributed by atoms with E-state index in [0.29, 0.717) is 0 Å². The number of aliphatic carboxylic acids is 2. The van der Waals surface area contributed by atoms with Gasteiger partial charge in [-0.2, -0.15) is 0 Å². The van der Waals surface area contributed by atoms with Crippen molar-refractivity contribution in [3.63, 3.8) is 0 Å². The Labute approximate surface area is 86.3 Å². The predicted molar refractivity (Wildman–Crippen MR) is 50.1 cm³/mol. The number of amides is 1. The van der Waals surface area contributed by atoms with E-state index in [1.807, 2.05) is 0 Å². The fourth-order valence-corrected chi connectivity index (χ4v) is 0.920. The summed E-state index contributed by atoms with van der Waals surface area (Å²) < 4.78 is 0. The standard InChI is InChI=1S/C8H14N2O5/c1-4(9)2-6(11)10-5(8(14)15)3-7(12)13/h4-5H,2-3,9H2,1H3,(H,10,11)(H,12,13)(H,14,15). The Hall–Kier alpha value is -1.63. The molecular formula is C8H14N2O5. The van der Waals surface area contributed by atoms with Crippen molar-refractivity contribution >= 4 is 17.8 Å². The first kappa shape index (κ1) is 13.4. The summed E-state index contributed by atoms with van der Waals surface area (Å²) in [5, 5.41) is 19.1. The minimum atomic E-state index is -1.41. The predicted octanol–water partition coefficient (Wildman–Crippen LogP) is -1.23. The Balaban J connectivity index is 4.22. The van der Waals surface area contributed by atoms with Gasteiger partial charge in [-0.3, -0.25) is 9.59 Å². The molecule has 0 fully saturated rings. The molecule has 0 aromatic carbocycles. The van der Waals surface area contributed by atoms with Crippen molar-refractivity contribution in [1.29, 1.82) is 0 Å². The normalized spacial score (nSPS) is 14.0. The first-order valence-corrected chi connectivity index (χ1v) is 4.32. The summed E-state index contributed by atoms with van der Waals surface area (Å²) in [7, 11) is 0. The topological polar surface area (TPSA) is 130 Å². The second-order valence-corrected chi connectivity index (χ2v) is 3.24. The smallest absolute Gasteiger partial charge is 0.326 e. The molecule has 0 saturated heterocycles. The highest BCUT2D eigenvalue weighted by Crippen LogP contribution is 1.95. The number of rotatable bonds is 6. The van der Waals surface area contributed by atoms with E-state index in [1.54, 1.807) is 6.92 Å². The highest BCUT2D eigenvalue weighted by Gasteiger charge is 2.22. The van der Waals surface area contributed by atoms with E-state index in [2.05, 4.69) is 5.32 Å². The Morgan fingerprint density at radius 2 is 1.80 bits per heavy atom. The Kier molecular flexibility index (Phi) is 5.32. The van der Waals surface area contributed by atoms with Crippen LogP contribution in [0, 0.1) is 0 Å². The summed E-state index contributed by atoms with van der Waals surface area (Å²) in [6.07, 6.45) is -0.691. The quantitative estimate of drug-likeness (QED) is 0.441. The van der Waals surface area contributed by atoms with E-state index in [9.17, 15) is 14.4 Å². The van der Waals surface area contributed by atoms with Crippen molar-refractivity contribution < 1.29 is 24.6 Å². The van der Waals surface area contributed by atoms with Gasteiger partial charge in [-0.1, -0.05) is 0 Å². The van der Waals surface area contributed by atoms with E-state index < -0.39 is 36.4 Å². The Morgan fingerprint density at radius 3 is 2.13 bits per heavy atom. The monoisotopic (exact) mass is 218 g/mol. The third kappa shape index (κ3) is 6.44. The largest absolute Gasteiger partial charge is 0.481 e. The summed E-state index contributed by atoms with van der Waals surface area (Å²) in [6.45, 7) is 1.59. The molecule has 0 aromatic heterocycles. The van der Waals surface area contributed by atoms with Gasteiger partial charge >= 0.3 is 11.9 Å². The van der Waals surface area contributed by atoms with Crippen LogP contribution in [0.15, 0.2) is 0 Å². The number of hydrogen-bond acceptors (Lipinski definition) is 4. The summed E-state index contributed by atoms with van der Waals surface area (Å²) >= 11 is 0. The molecule has 0 aliphatic heterocycles. The third-order valence-electron chi connectivity index (χ3n) is 1.52. The van der Waals surface area contributed by atoms with Gasteiger partial charge in [0.2, 0.25) is 5.91 Å². The molecule has 5 N–H and O–H groups in total. The second-order valence-electron chi connectivity index (χ2n) is 3.24. The van der Waals surface area contributed by atoms with Gasteiger partial charge in [0.1, 0.15) is 6.04 Å². The van der Waals surface area contributed by atoms with Crippen molar-refractivity contribution in [2.24, 2.45) is 5.73 Å². The van der Waals surface area contributed by atoms with Crippen molar-refractivity contribution in [2.75, 3.05) is 0 Å². The molecule has 1 amide bonds. The number of nitrogens with two attached hydrogens (primary N) is 1. The maximum absolute atomic E-state index is 11.1. The number of carbonyl (C=O) groups excluding carboxylic acids is 1. The van der Waals surface area contributed by atoms with Gasteiger partial charge in [0.15, 0.2) is 0 Å². The van der Waals surface area contributed by atoms with Crippen LogP contribution in [-0.2, 0) is 14.4 Å². The average Bonchev–Trinajstić information content (AvgIpc) is 1.99. The van der Waals surface area contributed by atoms with E-state index in [0.717, 1.165) is 0 Å². The van der Waals surface area contributed by atoms with Gasteiger partial charge in [-0.05, 0) is 6.92 Å². The number of carboxylic acids is 2. The molecule has 7 nitrogen and oxygen atoms in total. The zero-order valence-electron chi connectivity index (χ0n) is 8.27. The van der Waals surface area contributed by atoms with Crippen LogP contribution < -0.4 is 11.1 Å². The lowest BCUT2D eigenvalue weighted by Crippen LogP contribution is -2.43.